The first kappa shape index (κ1) is 40.5. The van der Waals surface area contributed by atoms with Crippen molar-refractivity contribution in [1.29, 1.82) is 0 Å². The number of fused-ring (bicyclic) bond motifs is 3. The molecule has 0 fully saturated rings. The summed E-state index contributed by atoms with van der Waals surface area (Å²) in [7, 11) is 0. The summed E-state index contributed by atoms with van der Waals surface area (Å²) in [6, 6.07) is 101. The number of aromatic nitrogens is 1. The molecule has 0 radical (unpaired) electrons. The SMILES string of the molecule is c1ccc(-c2ccccc2-c2ccc(N(c3ccc(-c4ccc5c(c4)c4ccccc4n5-c4ccccc4)cc3)c3ccccc3-c3ccccc3-c3ccccc3-c3ccccc3)cc2)cc1. The maximum absolute atomic E-state index is 2.42. The second-order valence-electron chi connectivity index (χ2n) is 17.2. The lowest BCUT2D eigenvalue weighted by atomic mass is 9.88. The average Bonchev–Trinajstić information content (AvgIpc) is 3.76. The minimum atomic E-state index is 1.07. The number of nitrogens with zero attached hydrogens (tertiary/aromatic N) is 2. The fraction of sp³-hybridized carbons (Fsp3) is 0. The molecule has 0 amide bonds. The highest BCUT2D eigenvalue weighted by atomic mass is 15.1. The van der Waals surface area contributed by atoms with Crippen LogP contribution >= 0.6 is 0 Å². The van der Waals surface area contributed by atoms with Crippen LogP contribution in [0.5, 0.6) is 0 Å². The number of anilines is 3. The van der Waals surface area contributed by atoms with E-state index in [-0.39, 0.29) is 0 Å². The second kappa shape index (κ2) is 17.8. The van der Waals surface area contributed by atoms with Gasteiger partial charge in [0.2, 0.25) is 0 Å². The van der Waals surface area contributed by atoms with E-state index >= 15 is 0 Å². The van der Waals surface area contributed by atoms with Gasteiger partial charge in [-0.15, -0.1) is 0 Å². The monoisotopic (exact) mass is 866 g/mol. The van der Waals surface area contributed by atoms with Gasteiger partial charge in [0.15, 0.2) is 0 Å². The third-order valence-corrected chi connectivity index (χ3v) is 13.3. The predicted molar refractivity (Wildman–Crippen MR) is 288 cm³/mol. The maximum Gasteiger partial charge on any atom is 0.0541 e. The van der Waals surface area contributed by atoms with Gasteiger partial charge in [-0.1, -0.05) is 218 Å². The van der Waals surface area contributed by atoms with Crippen molar-refractivity contribution in [3.63, 3.8) is 0 Å². The van der Waals surface area contributed by atoms with Crippen molar-refractivity contribution in [2.75, 3.05) is 4.90 Å². The topological polar surface area (TPSA) is 8.17 Å². The van der Waals surface area contributed by atoms with E-state index < -0.39 is 0 Å². The Kier molecular flexibility index (Phi) is 10.6. The fourth-order valence-corrected chi connectivity index (χ4v) is 10.1. The van der Waals surface area contributed by atoms with Crippen molar-refractivity contribution in [2.45, 2.75) is 0 Å². The van der Waals surface area contributed by atoms with Crippen molar-refractivity contribution < 1.29 is 0 Å². The second-order valence-corrected chi connectivity index (χ2v) is 17.2. The summed E-state index contributed by atoms with van der Waals surface area (Å²) in [5, 5.41) is 2.48. The molecule has 0 N–H and O–H groups in total. The zero-order chi connectivity index (χ0) is 45.2. The number of benzene rings is 11. The average molecular weight is 867 g/mol. The molecule has 11 aromatic carbocycles. The number of rotatable bonds is 10. The highest BCUT2D eigenvalue weighted by Crippen LogP contribution is 2.46. The quantitative estimate of drug-likeness (QED) is 0.133. The van der Waals surface area contributed by atoms with Crippen LogP contribution < -0.4 is 4.90 Å². The Balaban J connectivity index is 0.990. The third kappa shape index (κ3) is 7.45. The van der Waals surface area contributed by atoms with Gasteiger partial charge in [0, 0.05) is 33.4 Å². The van der Waals surface area contributed by atoms with Crippen LogP contribution in [-0.4, -0.2) is 4.57 Å². The van der Waals surface area contributed by atoms with Gasteiger partial charge in [0.1, 0.15) is 0 Å². The normalized spacial score (nSPS) is 11.2. The molecule has 0 aliphatic carbocycles. The Hall–Kier alpha value is -8.98. The molecular weight excluding hydrogens is 821 g/mol. The lowest BCUT2D eigenvalue weighted by Crippen LogP contribution is -2.11. The van der Waals surface area contributed by atoms with Crippen molar-refractivity contribution in [3.05, 3.63) is 279 Å². The summed E-state index contributed by atoms with van der Waals surface area (Å²) in [5.74, 6) is 0. The number of hydrogen-bond acceptors (Lipinski definition) is 1. The number of para-hydroxylation sites is 3. The Bertz CT molecular complexity index is 3700. The summed E-state index contributed by atoms with van der Waals surface area (Å²) < 4.78 is 2.37. The Morgan fingerprint density at radius 3 is 1.21 bits per heavy atom. The van der Waals surface area contributed by atoms with Crippen LogP contribution in [0.2, 0.25) is 0 Å². The van der Waals surface area contributed by atoms with Crippen molar-refractivity contribution >= 4 is 38.9 Å². The molecule has 2 nitrogen and oxygen atoms in total. The van der Waals surface area contributed by atoms with E-state index in [9.17, 15) is 0 Å². The summed E-state index contributed by atoms with van der Waals surface area (Å²) in [5.41, 5.74) is 21.0. The maximum atomic E-state index is 2.42. The van der Waals surface area contributed by atoms with E-state index in [4.69, 9.17) is 0 Å². The Morgan fingerprint density at radius 1 is 0.235 bits per heavy atom. The summed E-state index contributed by atoms with van der Waals surface area (Å²) in [6.07, 6.45) is 0. The molecule has 0 unspecified atom stereocenters. The van der Waals surface area contributed by atoms with Crippen LogP contribution in [0.3, 0.4) is 0 Å². The summed E-state index contributed by atoms with van der Waals surface area (Å²) in [4.78, 5) is 2.42. The molecule has 0 aliphatic rings. The molecule has 0 bridgehead atoms. The summed E-state index contributed by atoms with van der Waals surface area (Å²) >= 11 is 0. The molecule has 0 aliphatic heterocycles. The van der Waals surface area contributed by atoms with Crippen LogP contribution in [0, 0.1) is 0 Å². The molecule has 320 valence electrons. The van der Waals surface area contributed by atoms with Crippen molar-refractivity contribution in [2.24, 2.45) is 0 Å². The van der Waals surface area contributed by atoms with Gasteiger partial charge in [-0.3, -0.25) is 0 Å². The molecule has 1 aromatic heterocycles. The fourth-order valence-electron chi connectivity index (χ4n) is 10.1. The molecule has 2 heteroatoms. The van der Waals surface area contributed by atoms with Gasteiger partial charge in [0.05, 0.1) is 16.7 Å². The van der Waals surface area contributed by atoms with Crippen LogP contribution in [-0.2, 0) is 0 Å². The number of hydrogen-bond donors (Lipinski definition) is 0. The van der Waals surface area contributed by atoms with Gasteiger partial charge in [-0.25, -0.2) is 0 Å². The van der Waals surface area contributed by atoms with E-state index in [0.717, 1.165) is 33.9 Å². The predicted octanol–water partition coefficient (Wildman–Crippen LogP) is 18.3. The lowest BCUT2D eigenvalue weighted by molar-refractivity contribution is 1.18. The molecule has 0 atom stereocenters. The smallest absolute Gasteiger partial charge is 0.0541 e. The lowest BCUT2D eigenvalue weighted by Gasteiger charge is -2.29. The van der Waals surface area contributed by atoms with Gasteiger partial charge < -0.3 is 9.47 Å². The van der Waals surface area contributed by atoms with E-state index in [1.165, 1.54) is 77.4 Å². The largest absolute Gasteiger partial charge is 0.310 e. The zero-order valence-corrected chi connectivity index (χ0v) is 37.5. The Morgan fingerprint density at radius 2 is 0.618 bits per heavy atom. The van der Waals surface area contributed by atoms with Crippen LogP contribution in [0.1, 0.15) is 0 Å². The van der Waals surface area contributed by atoms with Crippen LogP contribution in [0.15, 0.2) is 279 Å². The molecule has 12 rings (SSSR count). The molecule has 0 spiro atoms. The molecule has 1 heterocycles. The highest BCUT2D eigenvalue weighted by molar-refractivity contribution is 6.10. The minimum absolute atomic E-state index is 1.07. The van der Waals surface area contributed by atoms with Gasteiger partial charge in [-0.2, -0.15) is 0 Å². The molecule has 0 saturated heterocycles. The molecule has 68 heavy (non-hydrogen) atoms. The van der Waals surface area contributed by atoms with E-state index in [1.54, 1.807) is 0 Å². The standard InChI is InChI=1S/C66H46N2/c1-4-20-48(21-5-1)55-26-10-11-27-56(55)50-38-43-54(44-39-50)67(64-34-18-16-32-61(64)60-31-15-14-30-59(60)58-29-13-12-28-57(58)49-22-6-2-7-23-49)53-41-36-47(37-42-53)51-40-45-66-63(46-51)62-33-17-19-35-65(62)68(66)52-24-8-3-9-25-52/h1-46H. The van der Waals surface area contributed by atoms with Crippen LogP contribution in [0.25, 0.3) is 94.3 Å². The van der Waals surface area contributed by atoms with Crippen LogP contribution in [0.4, 0.5) is 17.1 Å². The van der Waals surface area contributed by atoms with Gasteiger partial charge in [-0.05, 0) is 122 Å². The van der Waals surface area contributed by atoms with Crippen molar-refractivity contribution in [1.82, 2.24) is 4.57 Å². The van der Waals surface area contributed by atoms with Gasteiger partial charge >= 0.3 is 0 Å². The first-order chi connectivity index (χ1) is 33.8. The van der Waals surface area contributed by atoms with E-state index in [1.807, 2.05) is 0 Å². The first-order valence-corrected chi connectivity index (χ1v) is 23.3. The van der Waals surface area contributed by atoms with Gasteiger partial charge in [0.25, 0.3) is 0 Å². The van der Waals surface area contributed by atoms with Crippen molar-refractivity contribution in [3.8, 4) is 72.4 Å². The van der Waals surface area contributed by atoms with E-state index in [2.05, 4.69) is 289 Å². The zero-order valence-electron chi connectivity index (χ0n) is 37.5. The minimum Gasteiger partial charge on any atom is -0.310 e. The third-order valence-electron chi connectivity index (χ3n) is 13.3. The summed E-state index contributed by atoms with van der Waals surface area (Å²) in [6.45, 7) is 0. The molecule has 0 saturated carbocycles. The Labute approximate surface area is 397 Å². The molecule has 12 aromatic rings. The van der Waals surface area contributed by atoms with E-state index in [0.29, 0.717) is 0 Å². The molecular formula is C66H46N2. The highest BCUT2D eigenvalue weighted by Gasteiger charge is 2.21. The first-order valence-electron chi connectivity index (χ1n) is 23.3.